The summed E-state index contributed by atoms with van der Waals surface area (Å²) in [7, 11) is 0. The lowest BCUT2D eigenvalue weighted by Gasteiger charge is -2.41. The molecule has 0 saturated carbocycles. The Bertz CT molecular complexity index is 834. The van der Waals surface area contributed by atoms with E-state index in [-0.39, 0.29) is 29.2 Å². The number of halogens is 1. The lowest BCUT2D eigenvalue weighted by atomic mass is 9.66. The van der Waals surface area contributed by atoms with Crippen LogP contribution >= 0.6 is 11.6 Å². The van der Waals surface area contributed by atoms with Crippen molar-refractivity contribution in [2.75, 3.05) is 0 Å². The highest BCUT2D eigenvalue weighted by Gasteiger charge is 2.46. The Kier molecular flexibility index (Phi) is 5.22. The Morgan fingerprint density at radius 2 is 1.85 bits per heavy atom. The number of nitrogens with one attached hydrogen (secondary N) is 1. The molecule has 0 radical (unpaired) electrons. The molecule has 1 N–H and O–H groups in total. The third kappa shape index (κ3) is 3.96. The molecule has 1 aliphatic heterocycles. The van der Waals surface area contributed by atoms with Gasteiger partial charge in [0.15, 0.2) is 0 Å². The first-order valence-electron chi connectivity index (χ1n) is 9.29. The number of Topliss-reactive ketones (excluding diaryl/α,β-unsaturated/α-hetero) is 1. The van der Waals surface area contributed by atoms with E-state index in [0.29, 0.717) is 17.0 Å². The van der Waals surface area contributed by atoms with Crippen LogP contribution in [0.15, 0.2) is 47.3 Å². The summed E-state index contributed by atoms with van der Waals surface area (Å²) < 4.78 is 5.50. The number of allylic oxidation sites excluding steroid dienone is 3. The van der Waals surface area contributed by atoms with E-state index in [2.05, 4.69) is 25.2 Å². The molecule has 0 aromatic heterocycles. The van der Waals surface area contributed by atoms with Crippen LogP contribution < -0.4 is 5.32 Å². The van der Waals surface area contributed by atoms with E-state index in [0.717, 1.165) is 17.0 Å². The molecule has 1 aliphatic carbocycles. The Labute approximate surface area is 165 Å². The minimum atomic E-state index is -0.419. The highest BCUT2D eigenvalue weighted by Crippen LogP contribution is 2.47. The number of hydrogen-bond donors (Lipinski definition) is 1. The predicted molar refractivity (Wildman–Crippen MR) is 106 cm³/mol. The third-order valence-electron chi connectivity index (χ3n) is 5.03. The molecule has 4 nitrogen and oxygen atoms in total. The van der Waals surface area contributed by atoms with E-state index in [4.69, 9.17) is 16.3 Å². The van der Waals surface area contributed by atoms with Gasteiger partial charge in [0.1, 0.15) is 5.78 Å². The average Bonchev–Trinajstić information content (AvgIpc) is 2.52. The van der Waals surface area contributed by atoms with Gasteiger partial charge in [0, 0.05) is 28.8 Å². The minimum Gasteiger partial charge on any atom is -0.460 e. The molecule has 1 aromatic rings. The zero-order valence-electron chi connectivity index (χ0n) is 16.4. The number of benzene rings is 1. The van der Waals surface area contributed by atoms with Crippen LogP contribution in [0.25, 0.3) is 0 Å². The Balaban J connectivity index is 2.17. The maximum Gasteiger partial charge on any atom is 0.336 e. The maximum absolute atomic E-state index is 13.1. The maximum atomic E-state index is 13.1. The molecule has 2 atom stereocenters. The zero-order chi connectivity index (χ0) is 19.9. The molecular weight excluding hydrogens is 362 g/mol. The van der Waals surface area contributed by atoms with Gasteiger partial charge in [-0.05, 0) is 43.9 Å². The lowest BCUT2D eigenvalue weighted by molar-refractivity contribution is -0.143. The Morgan fingerprint density at radius 1 is 1.22 bits per heavy atom. The third-order valence-corrected chi connectivity index (χ3v) is 5.28. The van der Waals surface area contributed by atoms with Gasteiger partial charge in [-0.25, -0.2) is 4.79 Å². The second-order valence-corrected chi connectivity index (χ2v) is 8.79. The van der Waals surface area contributed by atoms with Crippen LogP contribution in [0.3, 0.4) is 0 Å². The molecule has 2 unspecified atom stereocenters. The summed E-state index contributed by atoms with van der Waals surface area (Å²) in [5.41, 5.74) is 2.79. The highest BCUT2D eigenvalue weighted by molar-refractivity contribution is 6.30. The van der Waals surface area contributed by atoms with E-state index in [9.17, 15) is 9.59 Å². The molecule has 5 heteroatoms. The molecule has 144 valence electrons. The standard InChI is InChI=1S/C22H26ClNO3/c1-12(2)27-21(26)18-13(3)24-16-10-22(4,5)11-17(25)20(16)19(18)14-6-8-15(23)9-7-14/h6-10,12,19-20,24H,11H2,1-5H3. The zero-order valence-corrected chi connectivity index (χ0v) is 17.2. The fourth-order valence-corrected chi connectivity index (χ4v) is 4.17. The highest BCUT2D eigenvalue weighted by atomic mass is 35.5. The van der Waals surface area contributed by atoms with E-state index in [1.165, 1.54) is 0 Å². The number of rotatable bonds is 3. The van der Waals surface area contributed by atoms with Crippen LogP contribution in [-0.2, 0) is 14.3 Å². The first-order valence-corrected chi connectivity index (χ1v) is 9.66. The molecule has 0 fully saturated rings. The van der Waals surface area contributed by atoms with Gasteiger partial charge in [-0.15, -0.1) is 0 Å². The van der Waals surface area contributed by atoms with E-state index >= 15 is 0 Å². The summed E-state index contributed by atoms with van der Waals surface area (Å²) >= 11 is 6.06. The van der Waals surface area contributed by atoms with Crippen molar-refractivity contribution < 1.29 is 14.3 Å². The molecule has 1 aromatic carbocycles. The second kappa shape index (κ2) is 7.16. The van der Waals surface area contributed by atoms with Crippen LogP contribution in [0.1, 0.15) is 52.5 Å². The predicted octanol–water partition coefficient (Wildman–Crippen LogP) is 4.75. The van der Waals surface area contributed by atoms with Gasteiger partial charge in [-0.3, -0.25) is 4.79 Å². The fraction of sp³-hybridized carbons (Fsp3) is 0.455. The largest absolute Gasteiger partial charge is 0.460 e. The summed E-state index contributed by atoms with van der Waals surface area (Å²) in [6.07, 6.45) is 2.33. The van der Waals surface area contributed by atoms with Crippen molar-refractivity contribution >= 4 is 23.4 Å². The van der Waals surface area contributed by atoms with Crippen LogP contribution in [0.2, 0.25) is 5.02 Å². The molecular formula is C22H26ClNO3. The van der Waals surface area contributed by atoms with Crippen molar-refractivity contribution in [1.29, 1.82) is 0 Å². The average molecular weight is 388 g/mol. The van der Waals surface area contributed by atoms with Crippen molar-refractivity contribution in [3.63, 3.8) is 0 Å². The molecule has 0 spiro atoms. The van der Waals surface area contributed by atoms with Gasteiger partial charge in [-0.1, -0.05) is 43.7 Å². The monoisotopic (exact) mass is 387 g/mol. The number of fused-ring (bicyclic) bond motifs is 1. The molecule has 3 rings (SSSR count). The van der Waals surface area contributed by atoms with Gasteiger partial charge in [0.05, 0.1) is 17.6 Å². The molecule has 1 heterocycles. The smallest absolute Gasteiger partial charge is 0.336 e. The van der Waals surface area contributed by atoms with Crippen molar-refractivity contribution in [3.8, 4) is 0 Å². The van der Waals surface area contributed by atoms with Crippen LogP contribution in [0, 0.1) is 11.3 Å². The Morgan fingerprint density at radius 3 is 2.44 bits per heavy atom. The number of ketones is 1. The van der Waals surface area contributed by atoms with Gasteiger partial charge in [0.2, 0.25) is 0 Å². The van der Waals surface area contributed by atoms with Crippen molar-refractivity contribution in [3.05, 3.63) is 57.9 Å². The van der Waals surface area contributed by atoms with Gasteiger partial charge < -0.3 is 10.1 Å². The number of carbonyl (C=O) groups is 2. The summed E-state index contributed by atoms with van der Waals surface area (Å²) in [6.45, 7) is 9.61. The lowest BCUT2D eigenvalue weighted by Crippen LogP contribution is -2.43. The summed E-state index contributed by atoms with van der Waals surface area (Å²) in [4.78, 5) is 26.0. The minimum absolute atomic E-state index is 0.132. The molecule has 27 heavy (non-hydrogen) atoms. The normalized spacial score (nSPS) is 24.3. The fourth-order valence-electron chi connectivity index (χ4n) is 4.04. The number of hydrogen-bond acceptors (Lipinski definition) is 4. The molecule has 0 bridgehead atoms. The van der Waals surface area contributed by atoms with Crippen LogP contribution in [0.4, 0.5) is 0 Å². The van der Waals surface area contributed by atoms with Gasteiger partial charge in [0.25, 0.3) is 0 Å². The number of carbonyl (C=O) groups excluding carboxylic acids is 2. The van der Waals surface area contributed by atoms with Gasteiger partial charge in [-0.2, -0.15) is 0 Å². The quantitative estimate of drug-likeness (QED) is 0.760. The van der Waals surface area contributed by atoms with Crippen molar-refractivity contribution in [1.82, 2.24) is 5.32 Å². The first-order chi connectivity index (χ1) is 12.6. The first kappa shape index (κ1) is 19.7. The summed E-state index contributed by atoms with van der Waals surface area (Å²) in [6, 6.07) is 7.36. The summed E-state index contributed by atoms with van der Waals surface area (Å²) in [5.74, 6) is -1.05. The number of ether oxygens (including phenoxy) is 1. The molecule has 0 amide bonds. The van der Waals surface area contributed by atoms with Crippen LogP contribution in [0.5, 0.6) is 0 Å². The molecule has 2 aliphatic rings. The van der Waals surface area contributed by atoms with Gasteiger partial charge >= 0.3 is 5.97 Å². The number of esters is 1. The van der Waals surface area contributed by atoms with E-state index in [1.54, 1.807) is 12.1 Å². The van der Waals surface area contributed by atoms with Crippen molar-refractivity contribution in [2.24, 2.45) is 11.3 Å². The van der Waals surface area contributed by atoms with Crippen molar-refractivity contribution in [2.45, 2.75) is 53.1 Å². The van der Waals surface area contributed by atoms with E-state index in [1.807, 2.05) is 32.9 Å². The second-order valence-electron chi connectivity index (χ2n) is 8.36. The summed E-state index contributed by atoms with van der Waals surface area (Å²) in [5, 5.41) is 3.93. The topological polar surface area (TPSA) is 55.4 Å². The Hall–Kier alpha value is -2.07. The SMILES string of the molecule is CC1=C(C(=O)OC(C)C)C(c2ccc(Cl)cc2)C2C(=O)CC(C)(C)C=C2N1. The molecule has 0 saturated heterocycles. The van der Waals surface area contributed by atoms with E-state index < -0.39 is 5.92 Å². The van der Waals surface area contributed by atoms with Crippen LogP contribution in [-0.4, -0.2) is 17.9 Å².